The van der Waals surface area contributed by atoms with E-state index in [1.165, 1.54) is 44.5 Å². The minimum atomic E-state index is -1.24. The van der Waals surface area contributed by atoms with E-state index in [-0.39, 0.29) is 6.71 Å². The van der Waals surface area contributed by atoms with Crippen LogP contribution in [-0.4, -0.2) is 32.9 Å². The third kappa shape index (κ3) is 5.35. The predicted molar refractivity (Wildman–Crippen MR) is 146 cm³/mol. The Kier molecular flexibility index (Phi) is 6.44. The molecule has 0 saturated carbocycles. The van der Waals surface area contributed by atoms with Gasteiger partial charge in [-0.25, -0.2) is 0 Å². The van der Waals surface area contributed by atoms with Crippen molar-refractivity contribution < 1.29 is 0 Å². The SMILES string of the molecule is Cc1ccc(B(/C(=C\C[PH](C)(C)C)c2ccc3ccccc3c2)c2ccccc2)cc1. The molecule has 0 aliphatic rings. The van der Waals surface area contributed by atoms with Crippen molar-refractivity contribution in [2.75, 3.05) is 26.2 Å². The summed E-state index contributed by atoms with van der Waals surface area (Å²) in [6, 6.07) is 35.7. The van der Waals surface area contributed by atoms with Gasteiger partial charge >= 0.3 is 188 Å². The Hall–Kier alpha value is -2.63. The maximum atomic E-state index is 2.54. The maximum absolute atomic E-state index is 2.54. The summed E-state index contributed by atoms with van der Waals surface area (Å²) in [5.74, 6) is 0. The summed E-state index contributed by atoms with van der Waals surface area (Å²) in [5.41, 5.74) is 6.75. The fraction of sp³-hybridized carbons (Fsp3) is 0.172. The van der Waals surface area contributed by atoms with Crippen molar-refractivity contribution in [2.45, 2.75) is 6.92 Å². The van der Waals surface area contributed by atoms with E-state index in [0.717, 1.165) is 0 Å². The second-order valence-electron chi connectivity index (χ2n) is 9.74. The molecule has 4 rings (SSSR count). The Labute approximate surface area is 188 Å². The molecule has 0 spiro atoms. The molecule has 0 fully saturated rings. The molecule has 0 saturated heterocycles. The standard InChI is InChI=1S/C29H32BP/c1-23-14-18-28(19-15-23)30(27-12-6-5-7-13-27)29(20-21-31(2,3)4)26-17-16-24-10-8-9-11-25(24)22-26/h5-20,22,31H,21H2,1-4H3/b29-20-. The van der Waals surface area contributed by atoms with Crippen molar-refractivity contribution in [3.05, 3.63) is 114 Å². The second-order valence-corrected chi connectivity index (χ2v) is 15.3. The Bertz CT molecular complexity index is 1180. The third-order valence-corrected chi connectivity index (χ3v) is 7.30. The summed E-state index contributed by atoms with van der Waals surface area (Å²) in [5, 5.41) is 2.59. The molecule has 4 aromatic rings. The summed E-state index contributed by atoms with van der Waals surface area (Å²) >= 11 is 0. The van der Waals surface area contributed by atoms with Crippen LogP contribution in [0, 0.1) is 6.92 Å². The zero-order valence-electron chi connectivity index (χ0n) is 19.1. The average molecular weight is 422 g/mol. The van der Waals surface area contributed by atoms with Crippen LogP contribution in [0.1, 0.15) is 11.1 Å². The van der Waals surface area contributed by atoms with E-state index in [0.29, 0.717) is 0 Å². The van der Waals surface area contributed by atoms with Gasteiger partial charge in [-0.15, -0.1) is 0 Å². The molecule has 31 heavy (non-hydrogen) atoms. The van der Waals surface area contributed by atoms with Crippen LogP contribution in [0.5, 0.6) is 0 Å². The van der Waals surface area contributed by atoms with Crippen LogP contribution < -0.4 is 10.9 Å². The van der Waals surface area contributed by atoms with Crippen molar-refractivity contribution in [1.82, 2.24) is 0 Å². The van der Waals surface area contributed by atoms with Gasteiger partial charge in [-0.05, 0) is 0 Å². The number of allylic oxidation sites excluding steroid dienone is 1. The van der Waals surface area contributed by atoms with Crippen molar-refractivity contribution in [3.63, 3.8) is 0 Å². The molecule has 4 aromatic carbocycles. The van der Waals surface area contributed by atoms with Gasteiger partial charge in [0.2, 0.25) is 0 Å². The van der Waals surface area contributed by atoms with Crippen LogP contribution in [0.25, 0.3) is 16.2 Å². The van der Waals surface area contributed by atoms with Crippen molar-refractivity contribution >= 4 is 41.1 Å². The first-order valence-corrected chi connectivity index (χ1v) is 14.9. The summed E-state index contributed by atoms with van der Waals surface area (Å²) in [4.78, 5) is 0. The van der Waals surface area contributed by atoms with E-state index in [9.17, 15) is 0 Å². The van der Waals surface area contributed by atoms with E-state index in [2.05, 4.69) is 130 Å². The van der Waals surface area contributed by atoms with Crippen LogP contribution in [0.4, 0.5) is 0 Å². The fourth-order valence-corrected chi connectivity index (χ4v) is 4.98. The molecular weight excluding hydrogens is 390 g/mol. The molecule has 0 bridgehead atoms. The molecule has 0 aromatic heterocycles. The van der Waals surface area contributed by atoms with Crippen LogP contribution >= 0.6 is 7.26 Å². The zero-order chi connectivity index (χ0) is 21.8. The van der Waals surface area contributed by atoms with E-state index in [4.69, 9.17) is 0 Å². The predicted octanol–water partition coefficient (Wildman–Crippen LogP) is 6.02. The van der Waals surface area contributed by atoms with Gasteiger partial charge < -0.3 is 0 Å². The molecule has 0 amide bonds. The van der Waals surface area contributed by atoms with Gasteiger partial charge in [0.15, 0.2) is 0 Å². The van der Waals surface area contributed by atoms with Crippen LogP contribution in [0.15, 0.2) is 103 Å². The minimum absolute atomic E-state index is 0.222. The summed E-state index contributed by atoms with van der Waals surface area (Å²) in [7, 11) is -1.24. The molecular formula is C29H32BP. The van der Waals surface area contributed by atoms with Crippen LogP contribution in [0.2, 0.25) is 0 Å². The first-order valence-electron chi connectivity index (χ1n) is 11.2. The topological polar surface area (TPSA) is 0 Å². The van der Waals surface area contributed by atoms with Gasteiger partial charge in [-0.1, -0.05) is 0 Å². The molecule has 0 aliphatic heterocycles. The Morgan fingerprint density at radius 3 is 2.00 bits per heavy atom. The molecule has 156 valence electrons. The quantitative estimate of drug-likeness (QED) is 0.263. The van der Waals surface area contributed by atoms with Gasteiger partial charge in [0, 0.05) is 0 Å². The summed E-state index contributed by atoms with van der Waals surface area (Å²) in [6.45, 7) is 9.73. The normalized spacial score (nSPS) is 12.7. The van der Waals surface area contributed by atoms with Crippen molar-refractivity contribution in [2.24, 2.45) is 0 Å². The molecule has 0 heterocycles. The Morgan fingerprint density at radius 1 is 0.710 bits per heavy atom. The molecule has 0 N–H and O–H groups in total. The van der Waals surface area contributed by atoms with Gasteiger partial charge in [0.25, 0.3) is 0 Å². The van der Waals surface area contributed by atoms with E-state index in [1.54, 1.807) is 0 Å². The van der Waals surface area contributed by atoms with Crippen molar-refractivity contribution in [1.29, 1.82) is 0 Å². The van der Waals surface area contributed by atoms with Crippen molar-refractivity contribution in [3.8, 4) is 0 Å². The molecule has 0 atom stereocenters. The number of benzene rings is 4. The monoisotopic (exact) mass is 422 g/mol. The first kappa shape index (κ1) is 21.6. The Balaban J connectivity index is 1.92. The zero-order valence-corrected chi connectivity index (χ0v) is 20.1. The van der Waals surface area contributed by atoms with Gasteiger partial charge in [-0.3, -0.25) is 0 Å². The molecule has 0 aliphatic carbocycles. The van der Waals surface area contributed by atoms with E-state index in [1.807, 2.05) is 0 Å². The molecule has 2 heteroatoms. The number of hydrogen-bond donors (Lipinski definition) is 0. The number of hydrogen-bond acceptors (Lipinski definition) is 0. The third-order valence-electron chi connectivity index (χ3n) is 5.87. The first-order chi connectivity index (χ1) is 14.9. The average Bonchev–Trinajstić information content (AvgIpc) is 2.77. The molecule has 0 unspecified atom stereocenters. The number of fused-ring (bicyclic) bond motifs is 1. The number of rotatable bonds is 6. The molecule has 0 nitrogen and oxygen atoms in total. The van der Waals surface area contributed by atoms with Crippen LogP contribution in [-0.2, 0) is 0 Å². The van der Waals surface area contributed by atoms with E-state index >= 15 is 0 Å². The summed E-state index contributed by atoms with van der Waals surface area (Å²) < 4.78 is 0. The second kappa shape index (κ2) is 9.25. The van der Waals surface area contributed by atoms with Crippen LogP contribution in [0.3, 0.4) is 0 Å². The van der Waals surface area contributed by atoms with Gasteiger partial charge in [0.05, 0.1) is 0 Å². The number of aryl methyl sites for hydroxylation is 1. The van der Waals surface area contributed by atoms with Gasteiger partial charge in [-0.2, -0.15) is 0 Å². The summed E-state index contributed by atoms with van der Waals surface area (Å²) in [6.07, 6.45) is 3.71. The van der Waals surface area contributed by atoms with Gasteiger partial charge in [0.1, 0.15) is 0 Å². The van der Waals surface area contributed by atoms with E-state index < -0.39 is 7.26 Å². The Morgan fingerprint density at radius 2 is 1.32 bits per heavy atom. The fourth-order valence-electron chi connectivity index (χ4n) is 4.14. The molecule has 0 radical (unpaired) electrons.